The van der Waals surface area contributed by atoms with Crippen molar-refractivity contribution < 1.29 is 22.9 Å². The van der Waals surface area contributed by atoms with Gasteiger partial charge in [0, 0.05) is 17.7 Å². The van der Waals surface area contributed by atoms with Crippen molar-refractivity contribution in [3.8, 4) is 5.75 Å². The Bertz CT molecular complexity index is 821. The van der Waals surface area contributed by atoms with Crippen LogP contribution in [0.3, 0.4) is 0 Å². The molecule has 0 aliphatic rings. The zero-order valence-corrected chi connectivity index (χ0v) is 16.4. The Kier molecular flexibility index (Phi) is 8.19. The van der Waals surface area contributed by atoms with Crippen LogP contribution in [0.2, 0.25) is 0 Å². The molecule has 7 heteroatoms. The molecule has 0 aliphatic carbocycles. The van der Waals surface area contributed by atoms with Crippen LogP contribution >= 0.6 is 0 Å². The highest BCUT2D eigenvalue weighted by Gasteiger charge is 2.28. The van der Waals surface area contributed by atoms with Crippen LogP contribution in [0.15, 0.2) is 66.4 Å². The maximum atomic E-state index is 13.1. The number of aryl methyl sites for hydroxylation is 1. The third-order valence-electron chi connectivity index (χ3n) is 3.98. The molecule has 0 N–H and O–H groups in total. The van der Waals surface area contributed by atoms with E-state index in [1.165, 1.54) is 24.3 Å². The number of aromatic nitrogens is 1. The molecule has 0 spiro atoms. The highest BCUT2D eigenvalue weighted by Crippen LogP contribution is 2.18. The molecule has 1 aromatic carbocycles. The van der Waals surface area contributed by atoms with Crippen LogP contribution in [-0.2, 0) is 19.0 Å². The molecule has 0 unspecified atom stereocenters. The summed E-state index contributed by atoms with van der Waals surface area (Å²) in [5.74, 6) is -0.298. The number of benzene rings is 1. The summed E-state index contributed by atoms with van der Waals surface area (Å²) in [5.41, 5.74) is 1.49. The summed E-state index contributed by atoms with van der Waals surface area (Å²) in [5, 5.41) is 0.228. The van der Waals surface area contributed by atoms with Crippen molar-refractivity contribution in [1.82, 2.24) is 0 Å². The fraction of sp³-hybridized carbons (Fsp3) is 0.286. The second-order valence-electron chi connectivity index (χ2n) is 6.04. The zero-order chi connectivity index (χ0) is 20.5. The van der Waals surface area contributed by atoms with Crippen molar-refractivity contribution in [2.24, 2.45) is 4.99 Å². The molecular weight excluding hydrogens is 382 g/mol. The first-order valence-corrected chi connectivity index (χ1v) is 9.28. The van der Waals surface area contributed by atoms with Gasteiger partial charge in [-0.05, 0) is 41.3 Å². The molecule has 0 radical (unpaired) electrons. The summed E-state index contributed by atoms with van der Waals surface area (Å²) in [6.45, 7) is 3.09. The van der Waals surface area contributed by atoms with Crippen molar-refractivity contribution in [3.63, 3.8) is 0 Å². The average molecular weight is 404 g/mol. The number of aliphatic imine (C=N–C) groups is 1. The lowest BCUT2D eigenvalue weighted by Crippen LogP contribution is -2.47. The van der Waals surface area contributed by atoms with E-state index in [0.717, 1.165) is 18.4 Å². The van der Waals surface area contributed by atoms with E-state index in [0.29, 0.717) is 12.1 Å². The van der Waals surface area contributed by atoms with Crippen molar-refractivity contribution in [2.45, 2.75) is 32.4 Å². The monoisotopic (exact) mass is 404 g/mol. The van der Waals surface area contributed by atoms with Gasteiger partial charge in [-0.15, -0.1) is 6.58 Å². The summed E-state index contributed by atoms with van der Waals surface area (Å²) in [6.07, 6.45) is 7.16. The molecule has 0 saturated heterocycles. The Balaban J connectivity index is 2.35. The largest absolute Gasteiger partial charge is 0.758 e. The van der Waals surface area contributed by atoms with E-state index in [1.807, 2.05) is 12.1 Å². The first kappa shape index (κ1) is 21.6. The minimum absolute atomic E-state index is 0.0152. The molecule has 1 heterocycles. The molecular formula is C21H22F2N2O2S. The number of Topliss-reactive ketones (excluding diaryl/α,β-unsaturated/α-hetero) is 1. The van der Waals surface area contributed by atoms with Gasteiger partial charge in [-0.3, -0.25) is 4.79 Å². The minimum Gasteiger partial charge on any atom is -0.758 e. The first-order valence-electron chi connectivity index (χ1n) is 8.87. The number of ether oxygens (including phenoxy) is 1. The lowest BCUT2D eigenvalue weighted by Gasteiger charge is -2.18. The van der Waals surface area contributed by atoms with Crippen LogP contribution < -0.4 is 9.30 Å². The predicted molar refractivity (Wildman–Crippen MR) is 107 cm³/mol. The molecule has 1 aromatic heterocycles. The van der Waals surface area contributed by atoms with Gasteiger partial charge in [0.2, 0.25) is 11.8 Å². The normalized spacial score (nSPS) is 12.6. The van der Waals surface area contributed by atoms with Crippen molar-refractivity contribution in [1.29, 1.82) is 0 Å². The Labute approximate surface area is 169 Å². The maximum Gasteiger partial charge on any atom is 0.387 e. The quantitative estimate of drug-likeness (QED) is 0.150. The third kappa shape index (κ3) is 5.92. The van der Waals surface area contributed by atoms with Crippen molar-refractivity contribution >= 4 is 23.5 Å². The van der Waals surface area contributed by atoms with E-state index in [9.17, 15) is 13.6 Å². The fourth-order valence-corrected chi connectivity index (χ4v) is 2.97. The number of carbonyl (C=O) groups is 1. The molecule has 0 fully saturated rings. The van der Waals surface area contributed by atoms with E-state index in [1.54, 1.807) is 23.0 Å². The van der Waals surface area contributed by atoms with E-state index in [2.05, 4.69) is 23.2 Å². The van der Waals surface area contributed by atoms with Crippen LogP contribution in [0.5, 0.6) is 5.75 Å². The second kappa shape index (κ2) is 10.6. The van der Waals surface area contributed by atoms with Gasteiger partial charge in [0.1, 0.15) is 5.75 Å². The standard InChI is InChI=1S/C21H22F2N2O2S/c1-3-5-15-10-13-25(14-11-15)18(20(28)24-12-4-2)19(26)16-6-8-17(9-7-16)27-21(22)23/h4,6-11,13-14,18,21H,2-3,5,12H2,1H3/t18-/m0/s1. The second-order valence-corrected chi connectivity index (χ2v) is 6.46. The number of carbonyl (C=O) groups excluding carboxylic acids is 1. The molecule has 2 aromatic rings. The Morgan fingerprint density at radius 1 is 1.25 bits per heavy atom. The number of alkyl halides is 2. The Morgan fingerprint density at radius 3 is 2.43 bits per heavy atom. The van der Waals surface area contributed by atoms with Crippen molar-refractivity contribution in [2.75, 3.05) is 6.54 Å². The summed E-state index contributed by atoms with van der Waals surface area (Å²) < 4.78 is 30.7. The van der Waals surface area contributed by atoms with Crippen LogP contribution in [0.1, 0.15) is 35.3 Å². The molecule has 0 aliphatic heterocycles. The van der Waals surface area contributed by atoms with Crippen molar-refractivity contribution in [3.05, 3.63) is 72.6 Å². The van der Waals surface area contributed by atoms with E-state index in [-0.39, 0.29) is 16.6 Å². The molecule has 28 heavy (non-hydrogen) atoms. The lowest BCUT2D eigenvalue weighted by molar-refractivity contribution is -0.692. The van der Waals surface area contributed by atoms with Crippen LogP contribution in [0, 0.1) is 0 Å². The fourth-order valence-electron chi connectivity index (χ4n) is 2.67. The molecule has 0 bridgehead atoms. The first-order chi connectivity index (χ1) is 13.5. The van der Waals surface area contributed by atoms with Gasteiger partial charge in [0.05, 0.1) is 6.54 Å². The summed E-state index contributed by atoms with van der Waals surface area (Å²) in [6, 6.07) is 8.61. The number of pyridine rings is 1. The molecule has 148 valence electrons. The van der Waals surface area contributed by atoms with E-state index in [4.69, 9.17) is 12.6 Å². The Hall–Kier alpha value is -2.67. The lowest BCUT2D eigenvalue weighted by atomic mass is 10.0. The zero-order valence-electron chi connectivity index (χ0n) is 15.6. The number of nitrogens with zero attached hydrogens (tertiary/aromatic N) is 2. The number of rotatable bonds is 10. The Morgan fingerprint density at radius 2 is 1.89 bits per heavy atom. The predicted octanol–water partition coefficient (Wildman–Crippen LogP) is 4.08. The molecule has 0 amide bonds. The minimum atomic E-state index is -2.92. The van der Waals surface area contributed by atoms with Gasteiger partial charge in [0.15, 0.2) is 12.4 Å². The highest BCUT2D eigenvalue weighted by molar-refractivity contribution is 7.77. The van der Waals surface area contributed by atoms with Crippen LogP contribution in [-0.4, -0.2) is 24.0 Å². The smallest absolute Gasteiger partial charge is 0.387 e. The topological polar surface area (TPSA) is 42.5 Å². The number of ketones is 1. The third-order valence-corrected chi connectivity index (χ3v) is 4.33. The summed E-state index contributed by atoms with van der Waals surface area (Å²) in [7, 11) is 0. The molecule has 2 rings (SSSR count). The van der Waals surface area contributed by atoms with Gasteiger partial charge < -0.3 is 22.4 Å². The molecule has 4 nitrogen and oxygen atoms in total. The number of halogens is 2. The van der Waals surface area contributed by atoms with Gasteiger partial charge >= 0.3 is 6.61 Å². The maximum absolute atomic E-state index is 13.1. The van der Waals surface area contributed by atoms with Gasteiger partial charge in [-0.1, -0.05) is 19.4 Å². The van der Waals surface area contributed by atoms with E-state index >= 15 is 0 Å². The number of hydrogen-bond acceptors (Lipinski definition) is 4. The molecule has 1 atom stereocenters. The van der Waals surface area contributed by atoms with Gasteiger partial charge in [0.25, 0.3) is 0 Å². The molecule has 0 saturated carbocycles. The van der Waals surface area contributed by atoms with Gasteiger partial charge in [-0.2, -0.15) is 13.3 Å². The summed E-state index contributed by atoms with van der Waals surface area (Å²) >= 11 is 5.39. The SMILES string of the molecule is C=CCN=C([S-])[C@H](C(=O)c1ccc(OC(F)F)cc1)[n+]1ccc(CCC)cc1. The summed E-state index contributed by atoms with van der Waals surface area (Å²) in [4.78, 5) is 17.3. The van der Waals surface area contributed by atoms with Crippen LogP contribution in [0.4, 0.5) is 8.78 Å². The van der Waals surface area contributed by atoms with Gasteiger partial charge in [-0.25, -0.2) is 0 Å². The van der Waals surface area contributed by atoms with E-state index < -0.39 is 12.7 Å². The average Bonchev–Trinajstić information content (AvgIpc) is 2.68. The number of hydrogen-bond donors (Lipinski definition) is 0. The van der Waals surface area contributed by atoms with Crippen LogP contribution in [0.25, 0.3) is 0 Å². The highest BCUT2D eigenvalue weighted by atomic mass is 32.1.